The molecule has 3 aromatic carbocycles. The van der Waals surface area contributed by atoms with Crippen molar-refractivity contribution in [3.05, 3.63) is 101 Å². The second kappa shape index (κ2) is 9.77. The van der Waals surface area contributed by atoms with E-state index in [0.29, 0.717) is 19.4 Å². The van der Waals surface area contributed by atoms with Crippen molar-refractivity contribution in [3.8, 4) is 5.75 Å². The summed E-state index contributed by atoms with van der Waals surface area (Å²) in [7, 11) is 0. The van der Waals surface area contributed by atoms with Crippen LogP contribution >= 0.6 is 11.3 Å². The summed E-state index contributed by atoms with van der Waals surface area (Å²) in [6, 6.07) is 27.2. The highest BCUT2D eigenvalue weighted by atomic mass is 32.1. The van der Waals surface area contributed by atoms with Gasteiger partial charge in [0.1, 0.15) is 12.4 Å². The minimum Gasteiger partial charge on any atom is -0.489 e. The number of carboxylic acids is 1. The number of hydrogen-bond donors (Lipinski definition) is 1. The zero-order chi connectivity index (χ0) is 22.6. The molecule has 168 valence electrons. The number of thiophene rings is 1. The molecular weight excluding hydrogens is 430 g/mol. The van der Waals surface area contributed by atoms with Crippen LogP contribution in [-0.4, -0.2) is 29.1 Å². The third kappa shape index (κ3) is 4.80. The van der Waals surface area contributed by atoms with Crippen molar-refractivity contribution in [2.45, 2.75) is 25.5 Å². The van der Waals surface area contributed by atoms with Gasteiger partial charge in [-0.3, -0.25) is 9.69 Å². The largest absolute Gasteiger partial charge is 0.489 e. The summed E-state index contributed by atoms with van der Waals surface area (Å²) < 4.78 is 7.28. The average molecular weight is 458 g/mol. The molecule has 0 saturated carbocycles. The number of carbonyl (C=O) groups is 1. The Morgan fingerprint density at radius 1 is 0.970 bits per heavy atom. The van der Waals surface area contributed by atoms with E-state index >= 15 is 0 Å². The number of carboxylic acid groups (broad SMARTS) is 1. The molecule has 4 nitrogen and oxygen atoms in total. The summed E-state index contributed by atoms with van der Waals surface area (Å²) in [5.74, 6) is -0.0666. The van der Waals surface area contributed by atoms with Crippen molar-refractivity contribution < 1.29 is 14.6 Å². The molecule has 0 amide bonds. The fourth-order valence-electron chi connectivity index (χ4n) is 4.69. The first kappa shape index (κ1) is 21.7. The van der Waals surface area contributed by atoms with E-state index in [9.17, 15) is 9.90 Å². The molecule has 1 aromatic heterocycles. The van der Waals surface area contributed by atoms with Crippen LogP contribution in [0, 0.1) is 5.92 Å². The highest BCUT2D eigenvalue weighted by Gasteiger charge is 2.31. The molecule has 1 unspecified atom stereocenters. The van der Waals surface area contributed by atoms with Crippen LogP contribution in [0.2, 0.25) is 0 Å². The maximum Gasteiger partial charge on any atom is 0.306 e. The van der Waals surface area contributed by atoms with Crippen molar-refractivity contribution >= 4 is 27.4 Å². The number of piperidine rings is 1. The van der Waals surface area contributed by atoms with Crippen LogP contribution in [0.1, 0.15) is 35.6 Å². The minimum absolute atomic E-state index is 0.0964. The molecule has 0 spiro atoms. The Morgan fingerprint density at radius 2 is 1.67 bits per heavy atom. The third-order valence-electron chi connectivity index (χ3n) is 6.49. The fraction of sp³-hybridized carbons (Fsp3) is 0.250. The Bertz CT molecular complexity index is 1210. The molecule has 5 heteroatoms. The first-order valence-electron chi connectivity index (χ1n) is 11.4. The van der Waals surface area contributed by atoms with Crippen LogP contribution in [0.5, 0.6) is 5.75 Å². The molecule has 1 aliphatic heterocycles. The molecule has 4 aromatic rings. The van der Waals surface area contributed by atoms with E-state index in [2.05, 4.69) is 58.8 Å². The predicted molar refractivity (Wildman–Crippen MR) is 133 cm³/mol. The predicted octanol–water partition coefficient (Wildman–Crippen LogP) is 6.37. The second-order valence-corrected chi connectivity index (χ2v) is 9.49. The molecular formula is C28H27NO3S. The summed E-state index contributed by atoms with van der Waals surface area (Å²) in [5.41, 5.74) is 3.65. The van der Waals surface area contributed by atoms with E-state index in [4.69, 9.17) is 4.74 Å². The van der Waals surface area contributed by atoms with Gasteiger partial charge in [-0.2, -0.15) is 0 Å². The smallest absolute Gasteiger partial charge is 0.306 e. The molecule has 0 bridgehead atoms. The van der Waals surface area contributed by atoms with Gasteiger partial charge in [-0.05, 0) is 71.6 Å². The van der Waals surface area contributed by atoms with E-state index in [1.165, 1.54) is 21.2 Å². The zero-order valence-electron chi connectivity index (χ0n) is 18.4. The van der Waals surface area contributed by atoms with E-state index in [1.54, 1.807) is 11.3 Å². The van der Waals surface area contributed by atoms with E-state index < -0.39 is 5.97 Å². The maximum atomic E-state index is 11.5. The zero-order valence-corrected chi connectivity index (χ0v) is 19.2. The van der Waals surface area contributed by atoms with Gasteiger partial charge in [0.15, 0.2) is 0 Å². The Hall–Kier alpha value is -3.15. The Balaban J connectivity index is 1.41. The lowest BCUT2D eigenvalue weighted by molar-refractivity contribution is -0.143. The Labute approximate surface area is 198 Å². The summed E-state index contributed by atoms with van der Waals surface area (Å²) in [6.45, 7) is 2.09. The summed E-state index contributed by atoms with van der Waals surface area (Å²) in [6.07, 6.45) is 1.37. The maximum absolute atomic E-state index is 11.5. The van der Waals surface area contributed by atoms with Crippen LogP contribution < -0.4 is 4.74 Å². The number of benzene rings is 3. The lowest BCUT2D eigenvalue weighted by atomic mass is 9.91. The van der Waals surface area contributed by atoms with Crippen LogP contribution in [-0.2, 0) is 11.4 Å². The number of likely N-dealkylation sites (tertiary alicyclic amines) is 1. The average Bonchev–Trinajstić information content (AvgIpc) is 3.28. The van der Waals surface area contributed by atoms with Gasteiger partial charge in [-0.25, -0.2) is 0 Å². The summed E-state index contributed by atoms with van der Waals surface area (Å²) in [5, 5.41) is 13.0. The first-order chi connectivity index (χ1) is 16.2. The SMILES string of the molecule is O=C(O)C1CCN(C(c2ccc(OCc3ccccc3)cc2)c2csc3ccccc23)CC1. The molecule has 5 rings (SSSR count). The van der Waals surface area contributed by atoms with E-state index in [-0.39, 0.29) is 12.0 Å². The van der Waals surface area contributed by atoms with E-state index in [1.807, 2.05) is 30.3 Å². The molecule has 1 fully saturated rings. The van der Waals surface area contributed by atoms with Gasteiger partial charge in [-0.15, -0.1) is 11.3 Å². The monoisotopic (exact) mass is 457 g/mol. The number of rotatable bonds is 7. The van der Waals surface area contributed by atoms with E-state index in [0.717, 1.165) is 24.4 Å². The van der Waals surface area contributed by atoms with Gasteiger partial charge in [0.25, 0.3) is 0 Å². The van der Waals surface area contributed by atoms with Gasteiger partial charge < -0.3 is 9.84 Å². The minimum atomic E-state index is -0.674. The molecule has 2 heterocycles. The van der Waals surface area contributed by atoms with Gasteiger partial charge >= 0.3 is 5.97 Å². The first-order valence-corrected chi connectivity index (χ1v) is 12.3. The Morgan fingerprint density at radius 3 is 2.39 bits per heavy atom. The van der Waals surface area contributed by atoms with Gasteiger partial charge in [0, 0.05) is 4.70 Å². The highest BCUT2D eigenvalue weighted by molar-refractivity contribution is 7.17. The van der Waals surface area contributed by atoms with Crippen molar-refractivity contribution in [1.82, 2.24) is 4.90 Å². The number of fused-ring (bicyclic) bond motifs is 1. The Kier molecular flexibility index (Phi) is 6.42. The van der Waals surface area contributed by atoms with Crippen LogP contribution in [0.15, 0.2) is 84.2 Å². The third-order valence-corrected chi connectivity index (χ3v) is 7.48. The number of ether oxygens (including phenoxy) is 1. The van der Waals surface area contributed by atoms with Crippen molar-refractivity contribution in [1.29, 1.82) is 0 Å². The van der Waals surface area contributed by atoms with Gasteiger partial charge in [-0.1, -0.05) is 60.7 Å². The van der Waals surface area contributed by atoms with Gasteiger partial charge in [0.05, 0.1) is 12.0 Å². The number of aliphatic carboxylic acids is 1. The molecule has 0 aliphatic carbocycles. The van der Waals surface area contributed by atoms with Crippen LogP contribution in [0.4, 0.5) is 0 Å². The molecule has 1 saturated heterocycles. The fourth-order valence-corrected chi connectivity index (χ4v) is 5.67. The van der Waals surface area contributed by atoms with Crippen LogP contribution in [0.25, 0.3) is 10.1 Å². The molecule has 1 aliphatic rings. The summed E-state index contributed by atoms with van der Waals surface area (Å²) in [4.78, 5) is 13.9. The lowest BCUT2D eigenvalue weighted by Gasteiger charge is -2.37. The van der Waals surface area contributed by atoms with Crippen molar-refractivity contribution in [2.24, 2.45) is 5.92 Å². The molecule has 0 radical (unpaired) electrons. The van der Waals surface area contributed by atoms with Crippen molar-refractivity contribution in [3.63, 3.8) is 0 Å². The second-order valence-electron chi connectivity index (χ2n) is 8.58. The highest BCUT2D eigenvalue weighted by Crippen LogP contribution is 2.39. The van der Waals surface area contributed by atoms with Crippen molar-refractivity contribution in [2.75, 3.05) is 13.1 Å². The number of nitrogens with zero attached hydrogens (tertiary/aromatic N) is 1. The number of hydrogen-bond acceptors (Lipinski definition) is 4. The quantitative estimate of drug-likeness (QED) is 0.350. The summed E-state index contributed by atoms with van der Waals surface area (Å²) >= 11 is 1.77. The topological polar surface area (TPSA) is 49.8 Å². The normalized spacial score (nSPS) is 16.0. The van der Waals surface area contributed by atoms with Crippen LogP contribution in [0.3, 0.4) is 0 Å². The molecule has 33 heavy (non-hydrogen) atoms. The standard InChI is InChI=1S/C28H27NO3S/c30-28(31)22-14-16-29(17-15-22)27(25-19-33-26-9-5-4-8-24(25)26)21-10-12-23(13-11-21)32-18-20-6-2-1-3-7-20/h1-13,19,22,27H,14-18H2,(H,30,31). The molecule has 1 atom stereocenters. The lowest BCUT2D eigenvalue weighted by Crippen LogP contribution is -2.39. The molecule has 1 N–H and O–H groups in total. The van der Waals surface area contributed by atoms with Gasteiger partial charge in [0.2, 0.25) is 0 Å².